The molecule has 3 N–H and O–H groups in total. The third kappa shape index (κ3) is 3.59. The van der Waals surface area contributed by atoms with Gasteiger partial charge in [-0.15, -0.1) is 0 Å². The molecule has 0 aliphatic rings. The van der Waals surface area contributed by atoms with Crippen LogP contribution >= 0.6 is 0 Å². The van der Waals surface area contributed by atoms with Crippen LogP contribution in [0.2, 0.25) is 0 Å². The fourth-order valence-corrected chi connectivity index (χ4v) is 1.26. The Kier molecular flexibility index (Phi) is 4.12. The van der Waals surface area contributed by atoms with Gasteiger partial charge in [0, 0.05) is 6.04 Å². The second kappa shape index (κ2) is 5.36. The first-order valence-electron chi connectivity index (χ1n) is 4.79. The fraction of sp³-hybridized carbons (Fsp3) is 0.364. The van der Waals surface area contributed by atoms with Crippen molar-refractivity contribution in [3.8, 4) is 5.75 Å². The monoisotopic (exact) mass is 208 g/mol. The summed E-state index contributed by atoms with van der Waals surface area (Å²) in [7, 11) is 1.63. The normalized spacial score (nSPS) is 12.1. The molecule has 1 amide bonds. The van der Waals surface area contributed by atoms with E-state index in [1.165, 1.54) is 0 Å². The molecule has 4 heteroatoms. The summed E-state index contributed by atoms with van der Waals surface area (Å²) in [5, 5.41) is 3.02. The summed E-state index contributed by atoms with van der Waals surface area (Å²) in [6, 6.07) is 7.79. The first-order valence-corrected chi connectivity index (χ1v) is 4.79. The number of ether oxygens (including phenoxy) is 1. The predicted molar refractivity (Wildman–Crippen MR) is 58.6 cm³/mol. The van der Waals surface area contributed by atoms with Crippen molar-refractivity contribution in [1.82, 2.24) is 5.32 Å². The lowest BCUT2D eigenvalue weighted by molar-refractivity contribution is -0.117. The summed E-state index contributed by atoms with van der Waals surface area (Å²) in [5.41, 5.74) is 6.14. The molecule has 0 aliphatic carbocycles. The molecule has 1 unspecified atom stereocenters. The number of benzene rings is 1. The Morgan fingerprint density at radius 1 is 1.47 bits per heavy atom. The number of nitrogens with one attached hydrogen (secondary N) is 1. The van der Waals surface area contributed by atoms with Crippen molar-refractivity contribution in [2.45, 2.75) is 13.0 Å². The molecular weight excluding hydrogens is 192 g/mol. The molecule has 0 spiro atoms. The number of carbonyl (C=O) groups is 1. The Hall–Kier alpha value is -1.55. The van der Waals surface area contributed by atoms with Gasteiger partial charge in [0.25, 0.3) is 0 Å². The number of amides is 1. The van der Waals surface area contributed by atoms with Gasteiger partial charge in [-0.05, 0) is 24.6 Å². The Balaban J connectivity index is 2.57. The summed E-state index contributed by atoms with van der Waals surface area (Å²) in [5.74, 6) is 0.469. The minimum Gasteiger partial charge on any atom is -0.497 e. The molecule has 0 aromatic heterocycles. The van der Waals surface area contributed by atoms with Gasteiger partial charge in [-0.25, -0.2) is 0 Å². The lowest BCUT2D eigenvalue weighted by atomic mass is 10.1. The largest absolute Gasteiger partial charge is 0.497 e. The molecule has 1 aromatic rings. The van der Waals surface area contributed by atoms with E-state index >= 15 is 0 Å². The van der Waals surface area contributed by atoms with E-state index in [-0.39, 0.29) is 18.5 Å². The van der Waals surface area contributed by atoms with Crippen LogP contribution in [0.3, 0.4) is 0 Å². The smallest absolute Gasteiger partial charge is 0.231 e. The van der Waals surface area contributed by atoms with E-state index in [9.17, 15) is 4.79 Å². The Morgan fingerprint density at radius 2 is 2.07 bits per heavy atom. The Labute approximate surface area is 89.4 Å². The molecule has 0 saturated carbocycles. The molecule has 1 aromatic carbocycles. The van der Waals surface area contributed by atoms with E-state index in [2.05, 4.69) is 5.32 Å². The summed E-state index contributed by atoms with van der Waals surface area (Å²) in [4.78, 5) is 10.6. The topological polar surface area (TPSA) is 64.3 Å². The average Bonchev–Trinajstić information content (AvgIpc) is 2.26. The van der Waals surface area contributed by atoms with Crippen molar-refractivity contribution in [2.75, 3.05) is 13.7 Å². The number of primary amides is 1. The van der Waals surface area contributed by atoms with Crippen LogP contribution in [0.15, 0.2) is 24.3 Å². The van der Waals surface area contributed by atoms with Crippen LogP contribution in [0, 0.1) is 0 Å². The summed E-state index contributed by atoms with van der Waals surface area (Å²) < 4.78 is 5.05. The highest BCUT2D eigenvalue weighted by molar-refractivity contribution is 5.75. The zero-order valence-electron chi connectivity index (χ0n) is 8.99. The van der Waals surface area contributed by atoms with Crippen molar-refractivity contribution in [1.29, 1.82) is 0 Å². The predicted octanol–water partition coefficient (Wildman–Crippen LogP) is 0.831. The molecule has 4 nitrogen and oxygen atoms in total. The average molecular weight is 208 g/mol. The van der Waals surface area contributed by atoms with Crippen LogP contribution in [0.5, 0.6) is 5.75 Å². The molecule has 1 rings (SSSR count). The third-order valence-corrected chi connectivity index (χ3v) is 2.20. The number of rotatable bonds is 5. The first kappa shape index (κ1) is 11.5. The van der Waals surface area contributed by atoms with Gasteiger partial charge < -0.3 is 15.8 Å². The lowest BCUT2D eigenvalue weighted by Gasteiger charge is -2.13. The van der Waals surface area contributed by atoms with Crippen molar-refractivity contribution >= 4 is 5.91 Å². The zero-order chi connectivity index (χ0) is 11.3. The second-order valence-electron chi connectivity index (χ2n) is 3.34. The number of hydrogen-bond donors (Lipinski definition) is 2. The van der Waals surface area contributed by atoms with E-state index in [4.69, 9.17) is 10.5 Å². The number of carbonyl (C=O) groups excluding carboxylic acids is 1. The van der Waals surface area contributed by atoms with E-state index in [0.717, 1.165) is 11.3 Å². The fourth-order valence-electron chi connectivity index (χ4n) is 1.26. The maximum Gasteiger partial charge on any atom is 0.231 e. The van der Waals surface area contributed by atoms with E-state index in [1.54, 1.807) is 7.11 Å². The Bertz CT molecular complexity index is 322. The highest BCUT2D eigenvalue weighted by Crippen LogP contribution is 2.16. The molecule has 0 bridgehead atoms. The van der Waals surface area contributed by atoms with Crippen molar-refractivity contribution in [3.63, 3.8) is 0 Å². The van der Waals surface area contributed by atoms with Crippen LogP contribution in [-0.2, 0) is 4.79 Å². The number of nitrogens with two attached hydrogens (primary N) is 1. The number of methoxy groups -OCH3 is 1. The summed E-state index contributed by atoms with van der Waals surface area (Å²) >= 11 is 0. The molecular formula is C11H16N2O2. The van der Waals surface area contributed by atoms with Gasteiger partial charge in [0.05, 0.1) is 13.7 Å². The molecule has 82 valence electrons. The van der Waals surface area contributed by atoms with Crippen LogP contribution in [0.4, 0.5) is 0 Å². The van der Waals surface area contributed by atoms with Crippen LogP contribution in [0.25, 0.3) is 0 Å². The van der Waals surface area contributed by atoms with Crippen LogP contribution in [0.1, 0.15) is 18.5 Å². The van der Waals surface area contributed by atoms with Gasteiger partial charge in [0.15, 0.2) is 0 Å². The van der Waals surface area contributed by atoms with Crippen molar-refractivity contribution in [2.24, 2.45) is 5.73 Å². The minimum absolute atomic E-state index is 0.100. The molecule has 15 heavy (non-hydrogen) atoms. The summed E-state index contributed by atoms with van der Waals surface area (Å²) in [6.07, 6.45) is 0. The van der Waals surface area contributed by atoms with Crippen LogP contribution < -0.4 is 15.8 Å². The van der Waals surface area contributed by atoms with E-state index in [0.29, 0.717) is 0 Å². The molecule has 0 radical (unpaired) electrons. The quantitative estimate of drug-likeness (QED) is 0.753. The maximum atomic E-state index is 10.6. The van der Waals surface area contributed by atoms with Gasteiger partial charge in [-0.3, -0.25) is 4.79 Å². The highest BCUT2D eigenvalue weighted by atomic mass is 16.5. The van der Waals surface area contributed by atoms with Crippen LogP contribution in [-0.4, -0.2) is 19.6 Å². The van der Waals surface area contributed by atoms with Gasteiger partial charge in [-0.1, -0.05) is 12.1 Å². The molecule has 0 saturated heterocycles. The van der Waals surface area contributed by atoms with E-state index < -0.39 is 0 Å². The SMILES string of the molecule is COc1ccc(C(C)NCC(N)=O)cc1. The zero-order valence-corrected chi connectivity index (χ0v) is 8.99. The lowest BCUT2D eigenvalue weighted by Crippen LogP contribution is -2.30. The van der Waals surface area contributed by atoms with E-state index in [1.807, 2.05) is 31.2 Å². The molecule has 0 aliphatic heterocycles. The number of hydrogen-bond acceptors (Lipinski definition) is 3. The van der Waals surface area contributed by atoms with Gasteiger partial charge in [0.2, 0.25) is 5.91 Å². The molecule has 0 heterocycles. The second-order valence-corrected chi connectivity index (χ2v) is 3.34. The third-order valence-electron chi connectivity index (χ3n) is 2.20. The Morgan fingerprint density at radius 3 is 2.53 bits per heavy atom. The first-order chi connectivity index (χ1) is 7.13. The highest BCUT2D eigenvalue weighted by Gasteiger charge is 2.05. The van der Waals surface area contributed by atoms with Crippen molar-refractivity contribution < 1.29 is 9.53 Å². The maximum absolute atomic E-state index is 10.6. The van der Waals surface area contributed by atoms with Crippen molar-refractivity contribution in [3.05, 3.63) is 29.8 Å². The minimum atomic E-state index is -0.352. The molecule has 0 fully saturated rings. The summed E-state index contributed by atoms with van der Waals surface area (Å²) in [6.45, 7) is 2.16. The standard InChI is InChI=1S/C11H16N2O2/c1-8(13-7-11(12)14)9-3-5-10(15-2)6-4-9/h3-6,8,13H,7H2,1-2H3,(H2,12,14). The van der Waals surface area contributed by atoms with Gasteiger partial charge >= 0.3 is 0 Å². The van der Waals surface area contributed by atoms with Gasteiger partial charge in [0.1, 0.15) is 5.75 Å². The molecule has 1 atom stereocenters. The van der Waals surface area contributed by atoms with Gasteiger partial charge in [-0.2, -0.15) is 0 Å².